The molecule has 1 unspecified atom stereocenters. The second-order valence-corrected chi connectivity index (χ2v) is 5.23. The third kappa shape index (κ3) is 4.25. The number of anilines is 1. The van der Waals surface area contributed by atoms with Crippen LogP contribution in [0.2, 0.25) is 0 Å². The number of nitrogens with zero attached hydrogens (tertiary/aromatic N) is 4. The fraction of sp³-hybridized carbons (Fsp3) is 0.692. The number of aliphatic hydroxyl groups is 1. The third-order valence-corrected chi connectivity index (χ3v) is 3.55. The summed E-state index contributed by atoms with van der Waals surface area (Å²) in [6, 6.07) is 0. The molecule has 1 aromatic heterocycles. The Labute approximate surface area is 123 Å². The maximum absolute atomic E-state index is 12.2. The van der Waals surface area contributed by atoms with Gasteiger partial charge < -0.3 is 15.3 Å². The predicted molar refractivity (Wildman–Crippen MR) is 75.3 cm³/mol. The Morgan fingerprint density at radius 1 is 1.52 bits per heavy atom. The van der Waals surface area contributed by atoms with Gasteiger partial charge in [0.05, 0.1) is 6.20 Å². The van der Waals surface area contributed by atoms with Crippen LogP contribution in [0.4, 0.5) is 5.82 Å². The van der Waals surface area contributed by atoms with E-state index in [1.165, 1.54) is 4.68 Å². The molecule has 2 heterocycles. The van der Waals surface area contributed by atoms with E-state index in [0.29, 0.717) is 25.3 Å². The van der Waals surface area contributed by atoms with E-state index in [2.05, 4.69) is 15.6 Å². The minimum atomic E-state index is -0.143. The van der Waals surface area contributed by atoms with Gasteiger partial charge in [0.1, 0.15) is 6.54 Å². The number of carbonyl (C=O) groups excluding carboxylic acids is 2. The van der Waals surface area contributed by atoms with Crippen LogP contribution < -0.4 is 5.32 Å². The molecule has 0 radical (unpaired) electrons. The molecule has 1 saturated heterocycles. The average Bonchev–Trinajstić information content (AvgIpc) is 2.94. The van der Waals surface area contributed by atoms with Crippen molar-refractivity contribution in [3.63, 3.8) is 0 Å². The van der Waals surface area contributed by atoms with Crippen LogP contribution in [0.3, 0.4) is 0 Å². The molecule has 1 atom stereocenters. The highest BCUT2D eigenvalue weighted by atomic mass is 16.3. The van der Waals surface area contributed by atoms with Crippen molar-refractivity contribution in [1.29, 1.82) is 0 Å². The van der Waals surface area contributed by atoms with Crippen LogP contribution in [-0.4, -0.2) is 56.5 Å². The first kappa shape index (κ1) is 15.4. The number of carbonyl (C=O) groups is 2. The van der Waals surface area contributed by atoms with Crippen LogP contribution in [0.25, 0.3) is 0 Å². The maximum atomic E-state index is 12.2. The van der Waals surface area contributed by atoms with Gasteiger partial charge in [0.2, 0.25) is 11.8 Å². The van der Waals surface area contributed by atoms with E-state index in [0.717, 1.165) is 12.8 Å². The first-order chi connectivity index (χ1) is 10.1. The Morgan fingerprint density at radius 2 is 2.33 bits per heavy atom. The minimum absolute atomic E-state index is 0.0496. The van der Waals surface area contributed by atoms with Gasteiger partial charge in [0.25, 0.3) is 0 Å². The third-order valence-electron chi connectivity index (χ3n) is 3.55. The molecular weight excluding hydrogens is 274 g/mol. The summed E-state index contributed by atoms with van der Waals surface area (Å²) in [6.07, 6.45) is 3.77. The van der Waals surface area contributed by atoms with Crippen LogP contribution in [0.1, 0.15) is 26.2 Å². The van der Waals surface area contributed by atoms with Crippen molar-refractivity contribution in [3.05, 3.63) is 6.20 Å². The molecule has 0 aliphatic carbocycles. The molecule has 0 spiro atoms. The summed E-state index contributed by atoms with van der Waals surface area (Å²) in [7, 11) is 0. The minimum Gasteiger partial charge on any atom is -0.396 e. The maximum Gasteiger partial charge on any atom is 0.244 e. The van der Waals surface area contributed by atoms with Crippen molar-refractivity contribution in [1.82, 2.24) is 19.9 Å². The van der Waals surface area contributed by atoms with Crippen LogP contribution >= 0.6 is 0 Å². The summed E-state index contributed by atoms with van der Waals surface area (Å²) in [5, 5.41) is 19.4. The van der Waals surface area contributed by atoms with Crippen molar-refractivity contribution in [2.24, 2.45) is 5.92 Å². The topological polar surface area (TPSA) is 100 Å². The van der Waals surface area contributed by atoms with Crippen molar-refractivity contribution >= 4 is 17.6 Å². The number of hydrogen-bond acceptors (Lipinski definition) is 5. The molecule has 1 fully saturated rings. The quantitative estimate of drug-likeness (QED) is 0.787. The molecule has 2 N–H and O–H groups in total. The van der Waals surface area contributed by atoms with E-state index in [1.54, 1.807) is 18.0 Å². The fourth-order valence-corrected chi connectivity index (χ4v) is 2.34. The Balaban J connectivity index is 1.89. The number of amides is 2. The van der Waals surface area contributed by atoms with Gasteiger partial charge in [0.15, 0.2) is 5.82 Å². The summed E-state index contributed by atoms with van der Waals surface area (Å²) in [5.41, 5.74) is 0. The van der Waals surface area contributed by atoms with Crippen LogP contribution in [0, 0.1) is 5.92 Å². The van der Waals surface area contributed by atoms with Gasteiger partial charge in [-0.2, -0.15) is 0 Å². The second-order valence-electron chi connectivity index (χ2n) is 5.23. The molecule has 0 bridgehead atoms. The van der Waals surface area contributed by atoms with Gasteiger partial charge in [-0.15, -0.1) is 5.10 Å². The van der Waals surface area contributed by atoms with E-state index in [-0.39, 0.29) is 30.9 Å². The number of aliphatic hydroxyl groups excluding tert-OH is 1. The van der Waals surface area contributed by atoms with E-state index < -0.39 is 0 Å². The Bertz CT molecular complexity index is 502. The lowest BCUT2D eigenvalue weighted by molar-refractivity contribution is -0.134. The molecule has 1 aromatic rings. The van der Waals surface area contributed by atoms with Gasteiger partial charge in [0, 0.05) is 26.1 Å². The zero-order valence-electron chi connectivity index (χ0n) is 12.2. The van der Waals surface area contributed by atoms with Crippen LogP contribution in [-0.2, 0) is 16.1 Å². The molecule has 0 saturated carbocycles. The lowest BCUT2D eigenvalue weighted by atomic mass is 9.99. The fourth-order valence-electron chi connectivity index (χ4n) is 2.34. The summed E-state index contributed by atoms with van der Waals surface area (Å²) in [5.74, 6) is 0.320. The molecular formula is C13H21N5O3. The largest absolute Gasteiger partial charge is 0.396 e. The molecule has 8 nitrogen and oxygen atoms in total. The Morgan fingerprint density at radius 3 is 3.05 bits per heavy atom. The zero-order chi connectivity index (χ0) is 15.2. The molecule has 8 heteroatoms. The molecule has 2 amide bonds. The van der Waals surface area contributed by atoms with Crippen LogP contribution in [0.5, 0.6) is 0 Å². The van der Waals surface area contributed by atoms with Gasteiger partial charge in [-0.25, -0.2) is 4.68 Å². The first-order valence-electron chi connectivity index (χ1n) is 7.21. The molecule has 2 rings (SSSR count). The zero-order valence-corrected chi connectivity index (χ0v) is 12.2. The molecule has 0 aromatic carbocycles. The summed E-state index contributed by atoms with van der Waals surface area (Å²) >= 11 is 0. The lowest BCUT2D eigenvalue weighted by Crippen LogP contribution is -2.42. The first-order valence-corrected chi connectivity index (χ1v) is 7.21. The van der Waals surface area contributed by atoms with Gasteiger partial charge >= 0.3 is 0 Å². The van der Waals surface area contributed by atoms with Gasteiger partial charge in [-0.3, -0.25) is 9.59 Å². The monoisotopic (exact) mass is 295 g/mol. The van der Waals surface area contributed by atoms with Gasteiger partial charge in [-0.1, -0.05) is 12.1 Å². The Hall–Kier alpha value is -1.96. The van der Waals surface area contributed by atoms with Crippen molar-refractivity contribution in [2.45, 2.75) is 32.7 Å². The number of likely N-dealkylation sites (tertiary alicyclic amines) is 1. The lowest BCUT2D eigenvalue weighted by Gasteiger charge is -2.31. The van der Waals surface area contributed by atoms with Crippen LogP contribution in [0.15, 0.2) is 6.20 Å². The standard InChI is InChI=1S/C13H21N5O3/c1-2-12(20)14-11-7-18(16-15-11)8-13(21)17-5-3-4-10(6-17)9-19/h7,10,19H,2-6,8-9H2,1H3,(H,14,20). The second kappa shape index (κ2) is 7.16. The normalized spacial score (nSPS) is 18.6. The summed E-state index contributed by atoms with van der Waals surface area (Å²) in [6.45, 7) is 3.25. The highest BCUT2D eigenvalue weighted by Gasteiger charge is 2.23. The molecule has 1 aliphatic heterocycles. The summed E-state index contributed by atoms with van der Waals surface area (Å²) < 4.78 is 1.41. The highest BCUT2D eigenvalue weighted by Crippen LogP contribution is 2.16. The average molecular weight is 295 g/mol. The van der Waals surface area contributed by atoms with E-state index >= 15 is 0 Å². The number of hydrogen-bond donors (Lipinski definition) is 2. The van der Waals surface area contributed by atoms with Crippen molar-refractivity contribution < 1.29 is 14.7 Å². The van der Waals surface area contributed by atoms with E-state index in [1.807, 2.05) is 0 Å². The molecule has 1 aliphatic rings. The highest BCUT2D eigenvalue weighted by molar-refractivity contribution is 5.89. The number of rotatable bonds is 5. The van der Waals surface area contributed by atoms with Crippen molar-refractivity contribution in [3.8, 4) is 0 Å². The molecule has 21 heavy (non-hydrogen) atoms. The van der Waals surface area contributed by atoms with Crippen molar-refractivity contribution in [2.75, 3.05) is 25.0 Å². The smallest absolute Gasteiger partial charge is 0.244 e. The number of aromatic nitrogens is 3. The summed E-state index contributed by atoms with van der Waals surface area (Å²) in [4.78, 5) is 25.2. The van der Waals surface area contributed by atoms with E-state index in [9.17, 15) is 14.7 Å². The van der Waals surface area contributed by atoms with Gasteiger partial charge in [-0.05, 0) is 18.8 Å². The predicted octanol–water partition coefficient (Wildman–Crippen LogP) is -0.142. The number of piperidine rings is 1. The van der Waals surface area contributed by atoms with E-state index in [4.69, 9.17) is 0 Å². The SMILES string of the molecule is CCC(=O)Nc1cn(CC(=O)N2CCCC(CO)C2)nn1. The Kier molecular flexibility index (Phi) is 5.26. The number of nitrogens with one attached hydrogen (secondary N) is 1. The molecule has 116 valence electrons.